The van der Waals surface area contributed by atoms with Gasteiger partial charge < -0.3 is 4.90 Å². The fourth-order valence-electron chi connectivity index (χ4n) is 1.53. The summed E-state index contributed by atoms with van der Waals surface area (Å²) in [6, 6.07) is 0. The van der Waals surface area contributed by atoms with Crippen LogP contribution < -0.4 is 0 Å². The predicted molar refractivity (Wildman–Crippen MR) is 48.2 cm³/mol. The monoisotopic (exact) mass is 151 g/mol. The summed E-state index contributed by atoms with van der Waals surface area (Å²) in [7, 11) is 0. The molecule has 0 amide bonds. The molecule has 1 rings (SSSR count). The van der Waals surface area contributed by atoms with Gasteiger partial charge in [-0.2, -0.15) is 0 Å². The zero-order valence-electron chi connectivity index (χ0n) is 7.72. The van der Waals surface area contributed by atoms with Gasteiger partial charge in [0.1, 0.15) is 0 Å². The average Bonchev–Trinajstić information content (AvgIpc) is 1.82. The Balaban J connectivity index is 2.12. The maximum absolute atomic E-state index is 3.19. The molecule has 0 N–H and O–H groups in total. The van der Waals surface area contributed by atoms with Crippen molar-refractivity contribution >= 4 is 0 Å². The van der Waals surface area contributed by atoms with Crippen molar-refractivity contribution in [2.75, 3.05) is 19.6 Å². The Morgan fingerprint density at radius 2 is 2.09 bits per heavy atom. The normalized spacial score (nSPS) is 19.3. The second kappa shape index (κ2) is 3.78. The first-order chi connectivity index (χ1) is 5.22. The van der Waals surface area contributed by atoms with Gasteiger partial charge >= 0.3 is 0 Å². The van der Waals surface area contributed by atoms with Crippen LogP contribution in [-0.4, -0.2) is 24.5 Å². The lowest BCUT2D eigenvalue weighted by atomic mass is 9.99. The molecule has 0 aromatic carbocycles. The first kappa shape index (κ1) is 8.62. The minimum absolute atomic E-state index is 0.666. The van der Waals surface area contributed by atoms with E-state index in [1.807, 2.05) is 6.92 Å². The summed E-state index contributed by atoms with van der Waals surface area (Å²) >= 11 is 0. The topological polar surface area (TPSA) is 3.24 Å². The zero-order chi connectivity index (χ0) is 8.27. The number of hydrogen-bond donors (Lipinski definition) is 0. The molecule has 1 heterocycles. The summed E-state index contributed by atoms with van der Waals surface area (Å²) in [5.74, 6) is 7.62. The van der Waals surface area contributed by atoms with Crippen LogP contribution in [0.4, 0.5) is 0 Å². The van der Waals surface area contributed by atoms with Crippen molar-refractivity contribution < 1.29 is 0 Å². The quantitative estimate of drug-likeness (QED) is 0.542. The van der Waals surface area contributed by atoms with Gasteiger partial charge in [0.25, 0.3) is 0 Å². The van der Waals surface area contributed by atoms with Crippen molar-refractivity contribution in [2.45, 2.75) is 20.8 Å². The van der Waals surface area contributed by atoms with E-state index in [0.717, 1.165) is 5.92 Å². The standard InChI is InChI=1S/C10H17N/c1-4-5-10-7-11(8-10)6-9(2)3/h9-10H,6-8H2,1-3H3. The van der Waals surface area contributed by atoms with E-state index >= 15 is 0 Å². The molecule has 1 aliphatic rings. The molecule has 11 heavy (non-hydrogen) atoms. The molecule has 1 fully saturated rings. The van der Waals surface area contributed by atoms with Gasteiger partial charge in [-0.05, 0) is 12.8 Å². The third-order valence-corrected chi connectivity index (χ3v) is 1.93. The largest absolute Gasteiger partial charge is 0.301 e. The van der Waals surface area contributed by atoms with Crippen LogP contribution in [0.25, 0.3) is 0 Å². The van der Waals surface area contributed by atoms with E-state index in [2.05, 4.69) is 30.6 Å². The van der Waals surface area contributed by atoms with Gasteiger partial charge in [0.15, 0.2) is 0 Å². The van der Waals surface area contributed by atoms with Crippen molar-refractivity contribution in [3.63, 3.8) is 0 Å². The van der Waals surface area contributed by atoms with Gasteiger partial charge in [0.2, 0.25) is 0 Å². The Labute approximate surface area is 69.8 Å². The molecule has 1 nitrogen and oxygen atoms in total. The Morgan fingerprint density at radius 3 is 2.55 bits per heavy atom. The lowest BCUT2D eigenvalue weighted by molar-refractivity contribution is 0.120. The Bertz CT molecular complexity index is 167. The maximum atomic E-state index is 3.19. The minimum Gasteiger partial charge on any atom is -0.301 e. The first-order valence-corrected chi connectivity index (χ1v) is 4.37. The smallest absolute Gasteiger partial charge is 0.0457 e. The summed E-state index contributed by atoms with van der Waals surface area (Å²) in [6.07, 6.45) is 0. The van der Waals surface area contributed by atoms with E-state index in [-0.39, 0.29) is 0 Å². The molecule has 0 aromatic rings. The SMILES string of the molecule is CC#CC1CN(CC(C)C)C1. The Kier molecular flexibility index (Phi) is 2.96. The van der Waals surface area contributed by atoms with Crippen LogP contribution in [0.2, 0.25) is 0 Å². The van der Waals surface area contributed by atoms with E-state index in [1.54, 1.807) is 0 Å². The van der Waals surface area contributed by atoms with Crippen LogP contribution in [0.3, 0.4) is 0 Å². The molecule has 1 aliphatic heterocycles. The van der Waals surface area contributed by atoms with E-state index in [1.165, 1.54) is 19.6 Å². The van der Waals surface area contributed by atoms with Crippen LogP contribution >= 0.6 is 0 Å². The molecule has 0 saturated carbocycles. The first-order valence-electron chi connectivity index (χ1n) is 4.37. The minimum atomic E-state index is 0.666. The highest BCUT2D eigenvalue weighted by Crippen LogP contribution is 2.15. The van der Waals surface area contributed by atoms with E-state index in [9.17, 15) is 0 Å². The molecule has 0 spiro atoms. The Morgan fingerprint density at radius 1 is 1.45 bits per heavy atom. The number of nitrogens with zero attached hydrogens (tertiary/aromatic N) is 1. The third kappa shape index (κ3) is 2.55. The Hall–Kier alpha value is -0.480. The van der Waals surface area contributed by atoms with Crippen LogP contribution in [0.5, 0.6) is 0 Å². The molecule has 0 bridgehead atoms. The highest BCUT2D eigenvalue weighted by molar-refractivity contribution is 5.06. The van der Waals surface area contributed by atoms with Crippen LogP contribution in [-0.2, 0) is 0 Å². The molecular weight excluding hydrogens is 134 g/mol. The number of likely N-dealkylation sites (tertiary alicyclic amines) is 1. The predicted octanol–water partition coefficient (Wildman–Crippen LogP) is 1.60. The molecule has 1 saturated heterocycles. The van der Waals surface area contributed by atoms with Gasteiger partial charge in [-0.3, -0.25) is 0 Å². The van der Waals surface area contributed by atoms with Crippen LogP contribution in [0.1, 0.15) is 20.8 Å². The summed E-state index contributed by atoms with van der Waals surface area (Å²) in [4.78, 5) is 2.47. The number of hydrogen-bond acceptors (Lipinski definition) is 1. The molecule has 0 atom stereocenters. The van der Waals surface area contributed by atoms with E-state index in [4.69, 9.17) is 0 Å². The fourth-order valence-corrected chi connectivity index (χ4v) is 1.53. The lowest BCUT2D eigenvalue weighted by Crippen LogP contribution is -2.47. The third-order valence-electron chi connectivity index (χ3n) is 1.93. The molecule has 0 radical (unpaired) electrons. The fraction of sp³-hybridized carbons (Fsp3) is 0.800. The average molecular weight is 151 g/mol. The van der Waals surface area contributed by atoms with Crippen molar-refractivity contribution in [3.8, 4) is 11.8 Å². The molecule has 62 valence electrons. The number of rotatable bonds is 2. The van der Waals surface area contributed by atoms with Crippen LogP contribution in [0.15, 0.2) is 0 Å². The summed E-state index contributed by atoms with van der Waals surface area (Å²) in [6.45, 7) is 10.1. The molecule has 1 heteroatoms. The van der Waals surface area contributed by atoms with Gasteiger partial charge in [-0.15, -0.1) is 5.92 Å². The molecule has 0 aliphatic carbocycles. The summed E-state index contributed by atoms with van der Waals surface area (Å²) in [5.41, 5.74) is 0. The molecule has 0 aromatic heterocycles. The second-order valence-electron chi connectivity index (χ2n) is 3.70. The van der Waals surface area contributed by atoms with Gasteiger partial charge in [-0.25, -0.2) is 0 Å². The lowest BCUT2D eigenvalue weighted by Gasteiger charge is -2.37. The van der Waals surface area contributed by atoms with Crippen molar-refractivity contribution in [1.82, 2.24) is 4.90 Å². The molecular formula is C10H17N. The van der Waals surface area contributed by atoms with E-state index < -0.39 is 0 Å². The van der Waals surface area contributed by atoms with Crippen molar-refractivity contribution in [3.05, 3.63) is 0 Å². The van der Waals surface area contributed by atoms with Crippen molar-refractivity contribution in [1.29, 1.82) is 0 Å². The van der Waals surface area contributed by atoms with Crippen molar-refractivity contribution in [2.24, 2.45) is 11.8 Å². The van der Waals surface area contributed by atoms with Crippen LogP contribution in [0, 0.1) is 23.7 Å². The zero-order valence-corrected chi connectivity index (χ0v) is 7.72. The van der Waals surface area contributed by atoms with E-state index in [0.29, 0.717) is 5.92 Å². The molecule has 0 unspecified atom stereocenters. The highest BCUT2D eigenvalue weighted by Gasteiger charge is 2.24. The van der Waals surface area contributed by atoms with Gasteiger partial charge in [0.05, 0.1) is 0 Å². The summed E-state index contributed by atoms with van der Waals surface area (Å²) in [5, 5.41) is 0. The summed E-state index contributed by atoms with van der Waals surface area (Å²) < 4.78 is 0. The van der Waals surface area contributed by atoms with Gasteiger partial charge in [-0.1, -0.05) is 19.8 Å². The second-order valence-corrected chi connectivity index (χ2v) is 3.70. The highest BCUT2D eigenvalue weighted by atomic mass is 15.2. The van der Waals surface area contributed by atoms with Gasteiger partial charge in [0, 0.05) is 25.6 Å². The maximum Gasteiger partial charge on any atom is 0.0457 e.